The van der Waals surface area contributed by atoms with Crippen LogP contribution in [0.2, 0.25) is 0 Å². The summed E-state index contributed by atoms with van der Waals surface area (Å²) >= 11 is 0. The van der Waals surface area contributed by atoms with Gasteiger partial charge in [-0.2, -0.15) is 0 Å². The lowest BCUT2D eigenvalue weighted by Gasteiger charge is -2.30. The summed E-state index contributed by atoms with van der Waals surface area (Å²) in [6.45, 7) is 5.65. The van der Waals surface area contributed by atoms with Crippen molar-refractivity contribution >= 4 is 5.97 Å². The number of rotatable bonds is 9. The Kier molecular flexibility index (Phi) is 8.27. The van der Waals surface area contributed by atoms with Crippen LogP contribution in [0.3, 0.4) is 0 Å². The van der Waals surface area contributed by atoms with Crippen LogP contribution in [0.1, 0.15) is 71.6 Å². The van der Waals surface area contributed by atoms with Crippen molar-refractivity contribution < 1.29 is 9.90 Å². The van der Waals surface area contributed by atoms with Gasteiger partial charge < -0.3 is 15.3 Å². The largest absolute Gasteiger partial charge is 0.480 e. The minimum absolute atomic E-state index is 0.694. The molecule has 0 bridgehead atoms. The second-order valence-electron chi connectivity index (χ2n) is 6.79. The molecular formula is C17H34N2O2. The van der Waals surface area contributed by atoms with Crippen molar-refractivity contribution in [2.24, 2.45) is 0 Å². The standard InChI is InChI=1S/C17H34N2O2/c1-4-13-18-17(2,16(20)21)12-9-14-19(3)15-10-7-5-6-8-11-15/h15,18H,4-14H2,1-3H3,(H,20,21). The summed E-state index contributed by atoms with van der Waals surface area (Å²) in [4.78, 5) is 13.9. The van der Waals surface area contributed by atoms with Crippen molar-refractivity contribution in [1.82, 2.24) is 10.2 Å². The van der Waals surface area contributed by atoms with E-state index in [0.29, 0.717) is 12.5 Å². The molecule has 1 fully saturated rings. The predicted octanol–water partition coefficient (Wildman–Crippen LogP) is 3.26. The van der Waals surface area contributed by atoms with Gasteiger partial charge in [-0.25, -0.2) is 0 Å². The smallest absolute Gasteiger partial charge is 0.323 e. The van der Waals surface area contributed by atoms with Crippen LogP contribution in [0.5, 0.6) is 0 Å². The quantitative estimate of drug-likeness (QED) is 0.642. The van der Waals surface area contributed by atoms with Gasteiger partial charge in [0.2, 0.25) is 0 Å². The number of nitrogens with zero attached hydrogens (tertiary/aromatic N) is 1. The summed E-state index contributed by atoms with van der Waals surface area (Å²) in [7, 11) is 2.20. The first kappa shape index (κ1) is 18.4. The highest BCUT2D eigenvalue weighted by atomic mass is 16.4. The van der Waals surface area contributed by atoms with Crippen LogP contribution in [0.4, 0.5) is 0 Å². The molecule has 1 atom stereocenters. The van der Waals surface area contributed by atoms with E-state index in [0.717, 1.165) is 25.9 Å². The maximum absolute atomic E-state index is 11.5. The molecule has 0 amide bonds. The van der Waals surface area contributed by atoms with Crippen molar-refractivity contribution in [3.63, 3.8) is 0 Å². The van der Waals surface area contributed by atoms with E-state index in [4.69, 9.17) is 0 Å². The van der Waals surface area contributed by atoms with E-state index >= 15 is 0 Å². The fourth-order valence-corrected chi connectivity index (χ4v) is 3.23. The molecule has 4 nitrogen and oxygen atoms in total. The Hall–Kier alpha value is -0.610. The highest BCUT2D eigenvalue weighted by molar-refractivity contribution is 5.78. The minimum atomic E-state index is -0.777. The summed E-state index contributed by atoms with van der Waals surface area (Å²) in [6.07, 6.45) is 10.7. The van der Waals surface area contributed by atoms with E-state index in [-0.39, 0.29) is 0 Å². The lowest BCUT2D eigenvalue weighted by atomic mass is 9.95. The van der Waals surface area contributed by atoms with Crippen LogP contribution < -0.4 is 5.32 Å². The van der Waals surface area contributed by atoms with Gasteiger partial charge in [-0.1, -0.05) is 32.6 Å². The summed E-state index contributed by atoms with van der Waals surface area (Å²) in [5, 5.41) is 12.6. The zero-order chi connectivity index (χ0) is 15.7. The third-order valence-corrected chi connectivity index (χ3v) is 4.87. The molecule has 0 aromatic carbocycles. The number of nitrogens with one attached hydrogen (secondary N) is 1. The summed E-state index contributed by atoms with van der Waals surface area (Å²) in [5.41, 5.74) is -0.777. The molecule has 1 saturated carbocycles. The molecular weight excluding hydrogens is 264 g/mol. The van der Waals surface area contributed by atoms with Crippen LogP contribution in [-0.2, 0) is 4.79 Å². The Balaban J connectivity index is 2.36. The van der Waals surface area contributed by atoms with Gasteiger partial charge in [0.1, 0.15) is 5.54 Å². The molecule has 0 heterocycles. The lowest BCUT2D eigenvalue weighted by Crippen LogP contribution is -2.50. The average Bonchev–Trinajstić information content (AvgIpc) is 2.74. The van der Waals surface area contributed by atoms with Crippen molar-refractivity contribution in [1.29, 1.82) is 0 Å². The van der Waals surface area contributed by atoms with Crippen LogP contribution >= 0.6 is 0 Å². The highest BCUT2D eigenvalue weighted by Crippen LogP contribution is 2.22. The third-order valence-electron chi connectivity index (χ3n) is 4.87. The molecule has 4 heteroatoms. The van der Waals surface area contributed by atoms with Crippen molar-refractivity contribution in [3.05, 3.63) is 0 Å². The average molecular weight is 298 g/mol. The van der Waals surface area contributed by atoms with Crippen LogP contribution in [0.25, 0.3) is 0 Å². The molecule has 0 aromatic heterocycles. The maximum Gasteiger partial charge on any atom is 0.323 e. The first-order valence-corrected chi connectivity index (χ1v) is 8.68. The monoisotopic (exact) mass is 298 g/mol. The SMILES string of the molecule is CCCNC(C)(CCCN(C)C1CCCCCC1)C(=O)O. The molecule has 2 N–H and O–H groups in total. The van der Waals surface area contributed by atoms with E-state index in [1.165, 1.54) is 38.5 Å². The number of carboxylic acid groups (broad SMARTS) is 1. The fourth-order valence-electron chi connectivity index (χ4n) is 3.23. The first-order valence-electron chi connectivity index (χ1n) is 8.68. The van der Waals surface area contributed by atoms with Gasteiger partial charge in [-0.3, -0.25) is 4.79 Å². The molecule has 0 saturated heterocycles. The molecule has 1 rings (SSSR count). The minimum Gasteiger partial charge on any atom is -0.480 e. The Labute approximate surface area is 130 Å². The van der Waals surface area contributed by atoms with Gasteiger partial charge in [-0.15, -0.1) is 0 Å². The Morgan fingerprint density at radius 3 is 2.43 bits per heavy atom. The number of hydrogen-bond donors (Lipinski definition) is 2. The van der Waals surface area contributed by atoms with Gasteiger partial charge in [0.05, 0.1) is 0 Å². The van der Waals surface area contributed by atoms with Gasteiger partial charge >= 0.3 is 5.97 Å². The van der Waals surface area contributed by atoms with E-state index in [9.17, 15) is 9.90 Å². The maximum atomic E-state index is 11.5. The molecule has 124 valence electrons. The van der Waals surface area contributed by atoms with E-state index in [2.05, 4.69) is 24.2 Å². The fraction of sp³-hybridized carbons (Fsp3) is 0.941. The van der Waals surface area contributed by atoms with Crippen molar-refractivity contribution in [2.75, 3.05) is 20.1 Å². The molecule has 1 aliphatic rings. The van der Waals surface area contributed by atoms with E-state index in [1.54, 1.807) is 0 Å². The van der Waals surface area contributed by atoms with Crippen LogP contribution in [0, 0.1) is 0 Å². The molecule has 1 aliphatic carbocycles. The Morgan fingerprint density at radius 1 is 1.29 bits per heavy atom. The second kappa shape index (κ2) is 9.42. The number of carboxylic acids is 1. The summed E-state index contributed by atoms with van der Waals surface area (Å²) in [5.74, 6) is -0.729. The highest BCUT2D eigenvalue weighted by Gasteiger charge is 2.31. The van der Waals surface area contributed by atoms with Crippen LogP contribution in [-0.4, -0.2) is 47.7 Å². The summed E-state index contributed by atoms with van der Waals surface area (Å²) in [6, 6.07) is 0.701. The van der Waals surface area contributed by atoms with Crippen molar-refractivity contribution in [3.8, 4) is 0 Å². The number of aliphatic carboxylic acids is 1. The molecule has 0 spiro atoms. The topological polar surface area (TPSA) is 52.6 Å². The van der Waals surface area contributed by atoms with Gasteiger partial charge in [-0.05, 0) is 59.2 Å². The lowest BCUT2D eigenvalue weighted by molar-refractivity contribution is -0.144. The van der Waals surface area contributed by atoms with Crippen molar-refractivity contribution in [2.45, 2.75) is 83.2 Å². The normalized spacial score (nSPS) is 20.2. The zero-order valence-corrected chi connectivity index (χ0v) is 14.2. The number of hydrogen-bond acceptors (Lipinski definition) is 3. The predicted molar refractivity (Wildman–Crippen MR) is 87.7 cm³/mol. The van der Waals surface area contributed by atoms with E-state index in [1.807, 2.05) is 6.92 Å². The van der Waals surface area contributed by atoms with Gasteiger partial charge in [0, 0.05) is 6.04 Å². The second-order valence-corrected chi connectivity index (χ2v) is 6.79. The number of carbonyl (C=O) groups is 1. The molecule has 21 heavy (non-hydrogen) atoms. The Bertz CT molecular complexity index is 301. The van der Waals surface area contributed by atoms with Gasteiger partial charge in [0.15, 0.2) is 0 Å². The first-order chi connectivity index (χ1) is 9.99. The van der Waals surface area contributed by atoms with Gasteiger partial charge in [0.25, 0.3) is 0 Å². The zero-order valence-electron chi connectivity index (χ0n) is 14.2. The molecule has 0 radical (unpaired) electrons. The Morgan fingerprint density at radius 2 is 1.90 bits per heavy atom. The third kappa shape index (κ3) is 6.35. The van der Waals surface area contributed by atoms with Crippen LogP contribution in [0.15, 0.2) is 0 Å². The van der Waals surface area contributed by atoms with E-state index < -0.39 is 11.5 Å². The molecule has 0 aromatic rings. The summed E-state index contributed by atoms with van der Waals surface area (Å²) < 4.78 is 0. The molecule has 1 unspecified atom stereocenters. The molecule has 0 aliphatic heterocycles.